The van der Waals surface area contributed by atoms with Crippen LogP contribution in [0, 0.1) is 10.1 Å². The molecule has 0 bridgehead atoms. The molecule has 6 rings (SSSR count). The van der Waals surface area contributed by atoms with Crippen LogP contribution in [0.1, 0.15) is 163 Å². The first-order chi connectivity index (χ1) is 50.7. The first-order valence-corrected chi connectivity index (χ1v) is 29.9. The van der Waals surface area contributed by atoms with Crippen molar-refractivity contribution in [1.29, 1.82) is 0 Å². The second-order valence-corrected chi connectivity index (χ2v) is 20.6. The molecule has 6 aromatic carbocycles. The van der Waals surface area contributed by atoms with Crippen LogP contribution in [-0.4, -0.2) is 112 Å². The third-order valence-corrected chi connectivity index (χ3v) is 11.6. The summed E-state index contributed by atoms with van der Waals surface area (Å²) in [4.78, 5) is 92.8. The van der Waals surface area contributed by atoms with E-state index in [4.69, 9.17) is 59.2 Å². The summed E-state index contributed by atoms with van der Waals surface area (Å²) in [6.07, 6.45) is 11.8. The molecular formula is C70H94ClN9O13. The van der Waals surface area contributed by atoms with Gasteiger partial charge in [-0.1, -0.05) is 112 Å². The van der Waals surface area contributed by atoms with Gasteiger partial charge in [0.05, 0.1) is 25.5 Å². The lowest BCUT2D eigenvalue weighted by Gasteiger charge is -2.27. The van der Waals surface area contributed by atoms with Gasteiger partial charge in [0.25, 0.3) is 22.7 Å². The number of benzene rings is 6. The molecule has 0 atom stereocenters. The number of anilines is 2. The number of aromatic hydroxyl groups is 2. The zero-order valence-electron chi connectivity index (χ0n) is 67.7. The highest BCUT2D eigenvalue weighted by atomic mass is 35.5. The zero-order valence-corrected chi connectivity index (χ0v) is 53.5. The molecule has 0 heterocycles. The Bertz CT molecular complexity index is 3890. The van der Waals surface area contributed by atoms with Crippen LogP contribution in [0.5, 0.6) is 17.2 Å². The number of rotatable bonds is 29. The van der Waals surface area contributed by atoms with Crippen molar-refractivity contribution >= 4 is 69.6 Å². The quantitative estimate of drug-likeness (QED) is 0.00308. The first kappa shape index (κ1) is 58.6. The lowest BCUT2D eigenvalue weighted by atomic mass is 10.1. The van der Waals surface area contributed by atoms with Gasteiger partial charge in [0.15, 0.2) is 0 Å². The maximum atomic E-state index is 12.7. The predicted octanol–water partition coefficient (Wildman–Crippen LogP) is 12.5. The zero-order chi connectivity index (χ0) is 82.1. The number of nitrogens with one attached hydrogen (secondary N) is 4. The average molecular weight is 1320 g/mol. The topological polar surface area (TPSA) is 351 Å². The minimum Gasteiger partial charge on any atom is -0.508 e. The Labute approximate surface area is 572 Å². The van der Waals surface area contributed by atoms with Crippen molar-refractivity contribution in [3.63, 3.8) is 0 Å². The van der Waals surface area contributed by atoms with E-state index in [0.717, 1.165) is 58.0 Å². The number of ether oxygens (including phenoxy) is 2. The van der Waals surface area contributed by atoms with Crippen molar-refractivity contribution < 1.29 is 78.7 Å². The van der Waals surface area contributed by atoms with E-state index in [-0.39, 0.29) is 59.6 Å². The highest BCUT2D eigenvalue weighted by Gasteiger charge is 2.22. The molecule has 12 N–H and O–H groups in total. The Morgan fingerprint density at radius 2 is 0.989 bits per heavy atom. The van der Waals surface area contributed by atoms with E-state index in [2.05, 4.69) is 32.6 Å². The van der Waals surface area contributed by atoms with Gasteiger partial charge in [0, 0.05) is 79.7 Å². The van der Waals surface area contributed by atoms with E-state index in [0.29, 0.717) is 56.0 Å². The van der Waals surface area contributed by atoms with Crippen molar-refractivity contribution in [2.45, 2.75) is 117 Å². The number of phenols is 2. The molecule has 504 valence electrons. The molecule has 0 aromatic heterocycles. The number of nitrogens with zero attached hydrogens (tertiary/aromatic N) is 2. The fraction of sp³-hybridized carbons (Fsp3) is 0.357. The molecule has 0 radical (unpaired) electrons. The van der Waals surface area contributed by atoms with Crippen LogP contribution in [0.15, 0.2) is 176 Å². The largest absolute Gasteiger partial charge is 0.508 e. The van der Waals surface area contributed by atoms with Gasteiger partial charge in [0.1, 0.15) is 22.8 Å². The molecule has 0 aliphatic heterocycles. The maximum Gasteiger partial charge on any atom is 0.410 e. The number of hydrogen-bond acceptors (Lipinski definition) is 16. The lowest BCUT2D eigenvalue weighted by Crippen LogP contribution is -2.39. The third-order valence-electron chi connectivity index (χ3n) is 11.4. The molecule has 0 saturated heterocycles. The summed E-state index contributed by atoms with van der Waals surface area (Å²) < 4.78 is 123. The Kier molecular flexibility index (Phi) is 31.6. The van der Waals surface area contributed by atoms with Crippen molar-refractivity contribution in [1.82, 2.24) is 15.5 Å². The number of nitrogens with two attached hydrogens (primary N) is 3. The first-order valence-electron chi connectivity index (χ1n) is 37.0. The monoisotopic (exact) mass is 1320 g/mol. The van der Waals surface area contributed by atoms with Crippen LogP contribution in [0.25, 0.3) is 0 Å². The maximum absolute atomic E-state index is 12.7. The number of amides is 5. The molecule has 0 spiro atoms. The van der Waals surface area contributed by atoms with Crippen molar-refractivity contribution in [2.75, 3.05) is 56.4 Å². The average Bonchev–Trinajstić information content (AvgIpc) is 0.802. The number of halogens is 1. The molecule has 0 unspecified atom stereocenters. The second-order valence-electron chi connectivity index (χ2n) is 20.3. The highest BCUT2D eigenvalue weighted by molar-refractivity contribution is 6.67. The molecule has 0 aliphatic rings. The summed E-state index contributed by atoms with van der Waals surface area (Å²) in [5, 5.41) is 37.9. The van der Waals surface area contributed by atoms with Gasteiger partial charge in [-0.15, -0.1) is 0 Å². The summed E-state index contributed by atoms with van der Waals surface area (Å²) in [6, 6.07) is 9.61. The van der Waals surface area contributed by atoms with Crippen molar-refractivity contribution in [3.8, 4) is 17.2 Å². The van der Waals surface area contributed by atoms with Crippen LogP contribution in [0.2, 0.25) is 0 Å². The Morgan fingerprint density at radius 3 is 1.37 bits per heavy atom. The number of carbonyl (C=O) groups excluding carboxylic acids is 7. The summed E-state index contributed by atoms with van der Waals surface area (Å²) in [5.41, 5.74) is 15.2. The molecule has 22 nitrogen and oxygen atoms in total. The van der Waals surface area contributed by atoms with Gasteiger partial charge >= 0.3 is 12.1 Å². The van der Waals surface area contributed by atoms with Crippen LogP contribution in [0.3, 0.4) is 0 Å². The second kappa shape index (κ2) is 50.2. The predicted molar refractivity (Wildman–Crippen MR) is 367 cm³/mol. The lowest BCUT2D eigenvalue weighted by molar-refractivity contribution is -0.384. The summed E-state index contributed by atoms with van der Waals surface area (Å²) >= 11 is 5.10. The molecule has 0 saturated carbocycles. The number of hydrogen-bond donors (Lipinski definition) is 9. The Hall–Kier alpha value is -9.48. The molecular weight excluding hydrogens is 1210 g/mol. The fourth-order valence-corrected chi connectivity index (χ4v) is 6.96. The number of unbranched alkanes of at least 4 members (excludes halogenated alkanes) is 9. The molecule has 93 heavy (non-hydrogen) atoms. The standard InChI is InChI=1S/C27H37N3O5.C13H20N2O.C9H9NO2.C8H7NO4.C7H5ClO.C6H16N2/c1-27(2,3)35-26(34)30(20-17-24(32)29-22-13-15-23(31)16-14-22)19-10-5-4-9-18-28-25(33)21-11-7-6-8-12-21;14-10-6-1-2-7-11-15-13(16)12-8-4-3-5-9-12;1-2-9(12)10-7-3-5-8(11)6-4-7;1-6(10)13-8-4-2-7(3-5-8)9(11)12;8-7(9)6-4-2-1-3-5-6;7-5-3-1-2-4-6-8/h6-8,11-16,31H,4-5,9-10,17-20H2,1-3H3,(H,28,33)(H,29,32);3-5,8-9H,1-2,6-7,10-11,14H2,(H,15,16);2-6,11H,1H2,(H,10,12);2-5H,1H3;1-5H;1-8H2/i6D,7D,8D,11D,12D;3D,4D,5D,8D,9D;;;1D,2D,3D,4D,5D;. The number of non-ortho nitro benzene ring substituents is 1. The molecule has 23 heteroatoms. The van der Waals surface area contributed by atoms with Gasteiger partial charge in [-0.2, -0.15) is 0 Å². The molecule has 0 fully saturated rings. The molecule has 5 amide bonds. The van der Waals surface area contributed by atoms with Crippen LogP contribution in [0.4, 0.5) is 21.9 Å². The summed E-state index contributed by atoms with van der Waals surface area (Å²) in [7, 11) is 0. The summed E-state index contributed by atoms with van der Waals surface area (Å²) in [6.45, 7) is 13.4. The van der Waals surface area contributed by atoms with E-state index >= 15 is 0 Å². The smallest absolute Gasteiger partial charge is 0.410 e. The number of phenolic OH excluding ortho intramolecular Hbond substituents is 2. The van der Waals surface area contributed by atoms with Crippen molar-refractivity contribution in [3.05, 3.63) is 203 Å². The van der Waals surface area contributed by atoms with Gasteiger partial charge in [-0.05, 0) is 181 Å². The minimum atomic E-state index is -1.05. The molecule has 6 aromatic rings. The number of nitro groups is 1. The normalized spacial score (nSPS) is 12.3. The van der Waals surface area contributed by atoms with E-state index in [1.165, 1.54) is 79.3 Å². The van der Waals surface area contributed by atoms with E-state index in [1.807, 2.05) is 0 Å². The van der Waals surface area contributed by atoms with Gasteiger partial charge in [0.2, 0.25) is 11.8 Å². The SMILES string of the molecule is C=CC(=O)Nc1ccc(O)cc1.CC(=O)Oc1ccc([N+](=O)[O-])cc1.NCCCCCCN.[2H]c1c([2H])c([2H])c(C(=O)Cl)c([2H])c1[2H].[2H]c1c([2H])c([2H])c(C(=O)NCCCCCCN(CCC(=O)Nc2ccc(O)cc2)C(=O)OC(C)(C)C)c([2H])c1[2H].[2H]c1c([2H])c([2H])c(C(=O)NCCCCCCN)c([2H])c1[2H]. The summed E-state index contributed by atoms with van der Waals surface area (Å²) in [5.74, 6) is -1.79. The van der Waals surface area contributed by atoms with E-state index in [9.17, 15) is 48.8 Å². The highest BCUT2D eigenvalue weighted by Crippen LogP contribution is 2.19. The number of esters is 1. The number of carbonyl (C=O) groups is 7. The van der Waals surface area contributed by atoms with E-state index in [1.54, 1.807) is 45.0 Å². The Balaban J connectivity index is 0.000000716. The van der Waals surface area contributed by atoms with Crippen molar-refractivity contribution in [2.24, 2.45) is 17.2 Å². The number of nitro benzene ring substituents is 1. The molecule has 0 aliphatic carbocycles. The van der Waals surface area contributed by atoms with Gasteiger partial charge in [-0.3, -0.25) is 38.9 Å². The van der Waals surface area contributed by atoms with Crippen LogP contribution < -0.4 is 43.2 Å². The van der Waals surface area contributed by atoms with Crippen LogP contribution >= 0.6 is 11.6 Å². The fourth-order valence-electron chi connectivity index (χ4n) is 6.87. The minimum absolute atomic E-state index is 0.0316. The Morgan fingerprint density at radius 1 is 0.591 bits per heavy atom. The van der Waals surface area contributed by atoms with Gasteiger partial charge in [-0.25, -0.2) is 4.79 Å². The third kappa shape index (κ3) is 43.0. The van der Waals surface area contributed by atoms with E-state index < -0.39 is 136 Å². The van der Waals surface area contributed by atoms with Crippen LogP contribution in [-0.2, 0) is 19.1 Å². The van der Waals surface area contributed by atoms with Gasteiger partial charge < -0.3 is 63.1 Å².